The number of para-hydroxylation sites is 1. The number of halogens is 1. The Morgan fingerprint density at radius 2 is 1.59 bits per heavy atom. The zero-order valence-electron chi connectivity index (χ0n) is 17.1. The van der Waals surface area contributed by atoms with E-state index in [2.05, 4.69) is 42.7 Å². The van der Waals surface area contributed by atoms with Crippen molar-refractivity contribution in [2.24, 2.45) is 0 Å². The van der Waals surface area contributed by atoms with Crippen molar-refractivity contribution in [3.05, 3.63) is 82.8 Å². The first-order valence-electron chi connectivity index (χ1n) is 10.3. The Morgan fingerprint density at radius 3 is 2.34 bits per heavy atom. The number of hydrogen-bond acceptors (Lipinski definition) is 1. The van der Waals surface area contributed by atoms with Crippen LogP contribution in [0.25, 0.3) is 21.8 Å². The van der Waals surface area contributed by atoms with Crippen molar-refractivity contribution >= 4 is 21.8 Å². The number of alkyl halides is 1. The Balaban J connectivity index is 1.89. The summed E-state index contributed by atoms with van der Waals surface area (Å²) in [7, 11) is 0. The molecule has 0 radical (unpaired) electrons. The quantitative estimate of drug-likeness (QED) is 0.362. The Kier molecular flexibility index (Phi) is 5.27. The van der Waals surface area contributed by atoms with E-state index >= 15 is 0 Å². The number of nitrogens with zero attached hydrogens (tertiary/aromatic N) is 2. The van der Waals surface area contributed by atoms with E-state index in [4.69, 9.17) is 0 Å². The van der Waals surface area contributed by atoms with Crippen LogP contribution in [0.3, 0.4) is 0 Å². The summed E-state index contributed by atoms with van der Waals surface area (Å²) in [5, 5.41) is 1.74. The lowest BCUT2D eigenvalue weighted by atomic mass is 9.93. The second-order valence-corrected chi connectivity index (χ2v) is 8.09. The van der Waals surface area contributed by atoms with Crippen LogP contribution in [-0.2, 0) is 12.1 Å². The summed E-state index contributed by atoms with van der Waals surface area (Å²) < 4.78 is 16.5. The Hall–Kier alpha value is -2.88. The highest BCUT2D eigenvalue weighted by atomic mass is 19.1. The Labute approximate surface area is 170 Å². The van der Waals surface area contributed by atoms with Crippen LogP contribution in [0.1, 0.15) is 38.7 Å². The second kappa shape index (κ2) is 7.86. The normalized spacial score (nSPS) is 12.1. The number of unbranched alkanes of at least 4 members (excludes halogenated alkanes) is 2. The SMILES string of the molecule is CC(C)(c1ccccc1)n1ccc2c(c1=O)c1ccccc1n2CCCCCF. The number of benzene rings is 2. The molecule has 0 bridgehead atoms. The highest BCUT2D eigenvalue weighted by Crippen LogP contribution is 2.30. The summed E-state index contributed by atoms with van der Waals surface area (Å²) >= 11 is 0. The molecule has 3 nitrogen and oxygen atoms in total. The lowest BCUT2D eigenvalue weighted by Crippen LogP contribution is -2.36. The molecule has 2 aromatic carbocycles. The predicted molar refractivity (Wildman–Crippen MR) is 118 cm³/mol. The van der Waals surface area contributed by atoms with Crippen LogP contribution in [-0.4, -0.2) is 15.8 Å². The number of fused-ring (bicyclic) bond motifs is 3. The zero-order valence-corrected chi connectivity index (χ0v) is 17.1. The molecule has 0 saturated carbocycles. The molecule has 0 atom stereocenters. The number of aryl methyl sites for hydroxylation is 1. The van der Waals surface area contributed by atoms with Gasteiger partial charge in [-0.3, -0.25) is 9.18 Å². The van der Waals surface area contributed by atoms with Crippen LogP contribution >= 0.6 is 0 Å². The number of rotatable bonds is 7. The van der Waals surface area contributed by atoms with Crippen molar-refractivity contribution in [3.8, 4) is 0 Å². The summed E-state index contributed by atoms with van der Waals surface area (Å²) in [6.45, 7) is 4.67. The first-order valence-corrected chi connectivity index (χ1v) is 10.3. The Bertz CT molecular complexity index is 1190. The van der Waals surface area contributed by atoms with Gasteiger partial charge in [0.2, 0.25) is 0 Å². The third kappa shape index (κ3) is 3.37. The summed E-state index contributed by atoms with van der Waals surface area (Å²) in [4.78, 5) is 13.7. The fourth-order valence-corrected chi connectivity index (χ4v) is 4.26. The van der Waals surface area contributed by atoms with Gasteiger partial charge in [0.15, 0.2) is 0 Å². The van der Waals surface area contributed by atoms with E-state index < -0.39 is 5.54 Å². The van der Waals surface area contributed by atoms with Crippen LogP contribution in [0.15, 0.2) is 71.7 Å². The van der Waals surface area contributed by atoms with Gasteiger partial charge in [-0.15, -0.1) is 0 Å². The predicted octanol–water partition coefficient (Wildman–Crippen LogP) is 5.88. The molecule has 0 fully saturated rings. The smallest absolute Gasteiger partial charge is 0.261 e. The van der Waals surface area contributed by atoms with Gasteiger partial charge in [-0.25, -0.2) is 0 Å². The van der Waals surface area contributed by atoms with E-state index in [9.17, 15) is 9.18 Å². The highest BCUT2D eigenvalue weighted by molar-refractivity contribution is 6.07. The number of hydrogen-bond donors (Lipinski definition) is 0. The van der Waals surface area contributed by atoms with Crippen molar-refractivity contribution < 1.29 is 4.39 Å². The molecule has 2 heterocycles. The summed E-state index contributed by atoms with van der Waals surface area (Å²) in [5.41, 5.74) is 2.68. The molecule has 0 aliphatic heterocycles. The highest BCUT2D eigenvalue weighted by Gasteiger charge is 2.25. The van der Waals surface area contributed by atoms with Crippen molar-refractivity contribution in [1.29, 1.82) is 0 Å². The molecule has 29 heavy (non-hydrogen) atoms. The molecule has 0 aliphatic carbocycles. The molecule has 4 heteroatoms. The summed E-state index contributed by atoms with van der Waals surface area (Å²) in [6, 6.07) is 20.2. The fourth-order valence-electron chi connectivity index (χ4n) is 4.26. The minimum atomic E-state index is -0.461. The van der Waals surface area contributed by atoms with Gasteiger partial charge < -0.3 is 9.13 Å². The maximum absolute atomic E-state index is 13.7. The molecule has 4 aromatic rings. The molecular weight excluding hydrogens is 363 g/mol. The van der Waals surface area contributed by atoms with E-state index in [-0.39, 0.29) is 12.2 Å². The first kappa shape index (κ1) is 19.4. The maximum atomic E-state index is 13.7. The van der Waals surface area contributed by atoms with E-state index in [1.165, 1.54) is 0 Å². The summed E-state index contributed by atoms with van der Waals surface area (Å²) in [5.74, 6) is 0. The average molecular weight is 391 g/mol. The zero-order chi connectivity index (χ0) is 20.4. The molecule has 150 valence electrons. The van der Waals surface area contributed by atoms with Gasteiger partial charge in [0.05, 0.1) is 23.1 Å². The molecule has 0 amide bonds. The van der Waals surface area contributed by atoms with Gasteiger partial charge in [0, 0.05) is 23.6 Å². The molecule has 0 N–H and O–H groups in total. The minimum absolute atomic E-state index is 0.0232. The largest absolute Gasteiger partial charge is 0.340 e. The van der Waals surface area contributed by atoms with Crippen LogP contribution < -0.4 is 5.56 Å². The van der Waals surface area contributed by atoms with Gasteiger partial charge in [-0.05, 0) is 50.8 Å². The van der Waals surface area contributed by atoms with Crippen molar-refractivity contribution in [2.45, 2.75) is 45.2 Å². The summed E-state index contributed by atoms with van der Waals surface area (Å²) in [6.07, 6.45) is 4.25. The fraction of sp³-hybridized carbons (Fsp3) is 0.320. The first-order chi connectivity index (χ1) is 14.1. The van der Waals surface area contributed by atoms with Crippen LogP contribution in [0.2, 0.25) is 0 Å². The lowest BCUT2D eigenvalue weighted by molar-refractivity contribution is 0.424. The van der Waals surface area contributed by atoms with Crippen molar-refractivity contribution in [2.75, 3.05) is 6.67 Å². The van der Waals surface area contributed by atoms with Gasteiger partial charge in [0.25, 0.3) is 5.56 Å². The molecule has 2 aromatic heterocycles. The number of pyridine rings is 1. The van der Waals surface area contributed by atoms with Crippen LogP contribution in [0, 0.1) is 0 Å². The molecule has 0 aliphatic rings. The molecule has 0 unspecified atom stereocenters. The third-order valence-electron chi connectivity index (χ3n) is 5.92. The second-order valence-electron chi connectivity index (χ2n) is 8.09. The monoisotopic (exact) mass is 390 g/mol. The van der Waals surface area contributed by atoms with Gasteiger partial charge in [-0.1, -0.05) is 48.5 Å². The number of aromatic nitrogens is 2. The lowest BCUT2D eigenvalue weighted by Gasteiger charge is -2.28. The maximum Gasteiger partial charge on any atom is 0.261 e. The van der Waals surface area contributed by atoms with Gasteiger partial charge in [0.1, 0.15) is 0 Å². The van der Waals surface area contributed by atoms with E-state index in [0.29, 0.717) is 6.42 Å². The average Bonchev–Trinajstić information content (AvgIpc) is 3.06. The standard InChI is InChI=1S/C25H27FN2O/c1-25(2,19-11-5-3-6-12-19)28-18-15-22-23(24(28)29)20-13-7-8-14-21(20)27(22)17-10-4-9-16-26/h3,5-8,11-15,18H,4,9-10,16-17H2,1-2H3. The molecular formula is C25H27FN2O. The third-order valence-corrected chi connectivity index (χ3v) is 5.92. The topological polar surface area (TPSA) is 26.9 Å². The molecule has 4 rings (SSSR count). The van der Waals surface area contributed by atoms with E-state index in [1.54, 1.807) is 0 Å². The Morgan fingerprint density at radius 1 is 0.862 bits per heavy atom. The van der Waals surface area contributed by atoms with E-state index in [0.717, 1.165) is 46.8 Å². The van der Waals surface area contributed by atoms with Gasteiger partial charge in [-0.2, -0.15) is 0 Å². The van der Waals surface area contributed by atoms with Crippen molar-refractivity contribution in [3.63, 3.8) is 0 Å². The minimum Gasteiger partial charge on any atom is -0.340 e. The molecule has 0 saturated heterocycles. The van der Waals surface area contributed by atoms with Crippen LogP contribution in [0.5, 0.6) is 0 Å². The van der Waals surface area contributed by atoms with Crippen molar-refractivity contribution in [1.82, 2.24) is 9.13 Å². The van der Waals surface area contributed by atoms with Crippen LogP contribution in [0.4, 0.5) is 4.39 Å². The van der Waals surface area contributed by atoms with Gasteiger partial charge >= 0.3 is 0 Å². The molecule has 0 spiro atoms. The van der Waals surface area contributed by atoms with E-state index in [1.807, 2.05) is 47.2 Å².